The smallest absolute Gasteiger partial charge is 0.311 e. The van der Waals surface area contributed by atoms with E-state index in [0.29, 0.717) is 5.56 Å². The lowest BCUT2D eigenvalue weighted by Crippen LogP contribution is -2.47. The number of nitrogens with one attached hydrogen (secondary N) is 1. The number of halogens is 1. The summed E-state index contributed by atoms with van der Waals surface area (Å²) in [7, 11) is 0. The Bertz CT molecular complexity index is 508. The molecule has 1 aromatic carbocycles. The minimum absolute atomic E-state index is 0.153. The molecule has 6 heteroatoms. The summed E-state index contributed by atoms with van der Waals surface area (Å²) >= 11 is 0. The van der Waals surface area contributed by atoms with Gasteiger partial charge >= 0.3 is 5.97 Å². The number of aliphatic hydroxyl groups excluding tert-OH is 1. The number of hydrogen-bond acceptors (Lipinski definition) is 4. The number of aliphatic hydroxyl groups is 1. The van der Waals surface area contributed by atoms with Gasteiger partial charge in [-0.2, -0.15) is 0 Å². The van der Waals surface area contributed by atoms with Crippen molar-refractivity contribution in [3.05, 3.63) is 35.9 Å². The summed E-state index contributed by atoms with van der Waals surface area (Å²) in [6, 6.07) is 7.38. The maximum absolute atomic E-state index is 13.7. The van der Waals surface area contributed by atoms with Crippen molar-refractivity contribution < 1.29 is 23.8 Å². The maximum atomic E-state index is 13.7. The van der Waals surface area contributed by atoms with Crippen LogP contribution in [-0.4, -0.2) is 41.9 Å². The van der Waals surface area contributed by atoms with Crippen molar-refractivity contribution in [1.29, 1.82) is 0 Å². The van der Waals surface area contributed by atoms with E-state index in [1.807, 2.05) is 0 Å². The first-order valence-corrected chi connectivity index (χ1v) is 6.89. The second-order valence-electron chi connectivity index (χ2n) is 4.97. The number of benzene rings is 1. The number of carbonyl (C=O) groups is 2. The molecule has 2 rings (SSSR count). The molecule has 1 saturated carbocycles. The van der Waals surface area contributed by atoms with Crippen molar-refractivity contribution in [3.8, 4) is 0 Å². The fourth-order valence-corrected chi connectivity index (χ4v) is 2.49. The van der Waals surface area contributed by atoms with Crippen LogP contribution in [0.25, 0.3) is 0 Å². The molecule has 0 radical (unpaired) electrons. The second kappa shape index (κ2) is 6.67. The molecular weight excluding hydrogens is 277 g/mol. The normalized spacial score (nSPS) is 28.1. The number of hydrogen-bond donors (Lipinski definition) is 2. The topological polar surface area (TPSA) is 75.6 Å². The van der Waals surface area contributed by atoms with Crippen molar-refractivity contribution in [1.82, 2.24) is 5.32 Å². The Morgan fingerprint density at radius 2 is 2.05 bits per heavy atom. The van der Waals surface area contributed by atoms with Gasteiger partial charge in [0.05, 0.1) is 18.6 Å². The monoisotopic (exact) mass is 295 g/mol. The number of amides is 1. The highest BCUT2D eigenvalue weighted by Gasteiger charge is 2.47. The summed E-state index contributed by atoms with van der Waals surface area (Å²) in [6.45, 7) is 1.81. The van der Waals surface area contributed by atoms with Crippen LogP contribution in [-0.2, 0) is 9.53 Å². The van der Waals surface area contributed by atoms with Crippen LogP contribution in [0.2, 0.25) is 0 Å². The van der Waals surface area contributed by atoms with Crippen LogP contribution < -0.4 is 5.32 Å². The number of ether oxygens (including phenoxy) is 1. The van der Waals surface area contributed by atoms with Gasteiger partial charge in [0.15, 0.2) is 0 Å². The molecule has 114 valence electrons. The van der Waals surface area contributed by atoms with Gasteiger partial charge in [0.2, 0.25) is 0 Å². The van der Waals surface area contributed by atoms with Crippen LogP contribution >= 0.6 is 0 Å². The van der Waals surface area contributed by atoms with Gasteiger partial charge in [0.1, 0.15) is 12.3 Å². The number of esters is 1. The summed E-state index contributed by atoms with van der Waals surface area (Å²) < 4.78 is 18.5. The standard InChI is InChI=1S/C15H18FNO4/c1-2-21-15(20)10-8-11(16)13(18)12(10)17-14(19)9-6-4-3-5-7-9/h3-7,10-13,18H,2,8H2,1H3,(H,17,19)/t10-,11-,12-,13+/m0/s1. The molecule has 5 nitrogen and oxygen atoms in total. The van der Waals surface area contributed by atoms with E-state index in [1.165, 1.54) is 0 Å². The lowest BCUT2D eigenvalue weighted by molar-refractivity contribution is -0.148. The predicted molar refractivity (Wildman–Crippen MR) is 73.3 cm³/mol. The Kier molecular flexibility index (Phi) is 4.90. The lowest BCUT2D eigenvalue weighted by Gasteiger charge is -2.22. The van der Waals surface area contributed by atoms with Gasteiger partial charge < -0.3 is 15.2 Å². The molecular formula is C15H18FNO4. The van der Waals surface area contributed by atoms with Crippen LogP contribution in [0, 0.1) is 5.92 Å². The van der Waals surface area contributed by atoms with Crippen molar-refractivity contribution in [3.63, 3.8) is 0 Å². The fraction of sp³-hybridized carbons (Fsp3) is 0.467. The lowest BCUT2D eigenvalue weighted by atomic mass is 10.0. The first kappa shape index (κ1) is 15.4. The molecule has 0 aliphatic heterocycles. The van der Waals surface area contributed by atoms with Gasteiger partial charge in [0, 0.05) is 5.56 Å². The van der Waals surface area contributed by atoms with E-state index in [2.05, 4.69) is 5.32 Å². The second-order valence-corrected chi connectivity index (χ2v) is 4.97. The van der Waals surface area contributed by atoms with E-state index in [4.69, 9.17) is 4.74 Å². The molecule has 1 aliphatic carbocycles. The minimum atomic E-state index is -1.56. The SMILES string of the molecule is CCOC(=O)[C@H]1C[C@H](F)[C@@H](O)[C@H]1NC(=O)c1ccccc1. The van der Waals surface area contributed by atoms with E-state index in [1.54, 1.807) is 37.3 Å². The molecule has 0 spiro atoms. The first-order valence-electron chi connectivity index (χ1n) is 6.89. The van der Waals surface area contributed by atoms with Gasteiger partial charge in [-0.15, -0.1) is 0 Å². The molecule has 2 N–H and O–H groups in total. The van der Waals surface area contributed by atoms with Crippen LogP contribution in [0.1, 0.15) is 23.7 Å². The highest BCUT2D eigenvalue weighted by Crippen LogP contribution is 2.30. The Balaban J connectivity index is 2.11. The minimum Gasteiger partial charge on any atom is -0.466 e. The van der Waals surface area contributed by atoms with Gasteiger partial charge in [-0.25, -0.2) is 4.39 Å². The summed E-state index contributed by atoms with van der Waals surface area (Å²) in [5, 5.41) is 12.4. The highest BCUT2D eigenvalue weighted by molar-refractivity contribution is 5.94. The summed E-state index contributed by atoms with van der Waals surface area (Å²) in [5.41, 5.74) is 0.384. The molecule has 4 atom stereocenters. The average molecular weight is 295 g/mol. The molecule has 1 fully saturated rings. The maximum Gasteiger partial charge on any atom is 0.311 e. The molecule has 0 heterocycles. The Morgan fingerprint density at radius 3 is 2.67 bits per heavy atom. The van der Waals surface area contributed by atoms with Crippen LogP contribution in [0.5, 0.6) is 0 Å². The van der Waals surface area contributed by atoms with Crippen molar-refractivity contribution in [2.24, 2.45) is 5.92 Å². The Labute approximate surface area is 122 Å². The van der Waals surface area contributed by atoms with E-state index >= 15 is 0 Å². The molecule has 21 heavy (non-hydrogen) atoms. The Morgan fingerprint density at radius 1 is 1.38 bits per heavy atom. The van der Waals surface area contributed by atoms with Crippen molar-refractivity contribution >= 4 is 11.9 Å². The largest absolute Gasteiger partial charge is 0.466 e. The first-order chi connectivity index (χ1) is 10.0. The van der Waals surface area contributed by atoms with Gasteiger partial charge in [-0.05, 0) is 25.5 Å². The van der Waals surface area contributed by atoms with Crippen LogP contribution in [0.4, 0.5) is 4.39 Å². The molecule has 1 aromatic rings. The molecule has 0 bridgehead atoms. The molecule has 1 aliphatic rings. The van der Waals surface area contributed by atoms with Gasteiger partial charge in [0.25, 0.3) is 5.91 Å². The van der Waals surface area contributed by atoms with E-state index in [0.717, 1.165) is 0 Å². The zero-order valence-corrected chi connectivity index (χ0v) is 11.7. The summed E-state index contributed by atoms with van der Waals surface area (Å²) in [5.74, 6) is -1.93. The van der Waals surface area contributed by atoms with Gasteiger partial charge in [-0.3, -0.25) is 9.59 Å². The average Bonchev–Trinajstić information content (AvgIpc) is 2.77. The molecule has 0 unspecified atom stereocenters. The highest BCUT2D eigenvalue weighted by atomic mass is 19.1. The number of rotatable bonds is 4. The van der Waals surface area contributed by atoms with Crippen molar-refractivity contribution in [2.45, 2.75) is 31.7 Å². The zero-order valence-electron chi connectivity index (χ0n) is 11.7. The molecule has 1 amide bonds. The summed E-state index contributed by atoms with van der Waals surface area (Å²) in [4.78, 5) is 23.9. The van der Waals surface area contributed by atoms with Crippen LogP contribution in [0.15, 0.2) is 30.3 Å². The number of carbonyl (C=O) groups excluding carboxylic acids is 2. The fourth-order valence-electron chi connectivity index (χ4n) is 2.49. The molecule has 0 aromatic heterocycles. The Hall–Kier alpha value is -1.95. The van der Waals surface area contributed by atoms with E-state index < -0.39 is 36.1 Å². The van der Waals surface area contributed by atoms with Crippen molar-refractivity contribution in [2.75, 3.05) is 6.61 Å². The third kappa shape index (κ3) is 3.39. The predicted octanol–water partition coefficient (Wildman–Crippen LogP) is 1.07. The van der Waals surface area contributed by atoms with Gasteiger partial charge in [-0.1, -0.05) is 18.2 Å². The van der Waals surface area contributed by atoms with Crippen LogP contribution in [0.3, 0.4) is 0 Å². The summed E-state index contributed by atoms with van der Waals surface area (Å²) in [6.07, 6.45) is -3.12. The third-order valence-corrected chi connectivity index (χ3v) is 3.57. The van der Waals surface area contributed by atoms with E-state index in [-0.39, 0.29) is 13.0 Å². The molecule has 0 saturated heterocycles. The zero-order chi connectivity index (χ0) is 15.4. The quantitative estimate of drug-likeness (QED) is 0.815. The van der Waals surface area contributed by atoms with E-state index in [9.17, 15) is 19.1 Å². The number of alkyl halides is 1. The third-order valence-electron chi connectivity index (χ3n) is 3.57.